The topological polar surface area (TPSA) is 74.3 Å². The summed E-state index contributed by atoms with van der Waals surface area (Å²) in [5, 5.41) is 3.39. The lowest BCUT2D eigenvalue weighted by Crippen LogP contribution is -2.49. The van der Waals surface area contributed by atoms with Gasteiger partial charge in [-0.3, -0.25) is 9.11 Å². The third-order valence-electron chi connectivity index (χ3n) is 5.00. The fourth-order valence-corrected chi connectivity index (χ4v) is 4.36. The van der Waals surface area contributed by atoms with Crippen molar-refractivity contribution in [2.24, 2.45) is 0 Å². The average Bonchev–Trinajstić information content (AvgIpc) is 2.69. The van der Waals surface area contributed by atoms with Crippen LogP contribution in [-0.2, 0) is 10.0 Å². The van der Waals surface area contributed by atoms with Crippen molar-refractivity contribution in [3.8, 4) is 0 Å². The number of pyridine rings is 1. The molecule has 3 rings (SSSR count). The number of alkyl halides is 1. The molecule has 0 aliphatic carbocycles. The molecule has 1 aromatic heterocycles. The Morgan fingerprint density at radius 2 is 2.00 bits per heavy atom. The minimum absolute atomic E-state index is 0.140. The molecule has 28 heavy (non-hydrogen) atoms. The predicted molar refractivity (Wildman–Crippen MR) is 110 cm³/mol. The molecule has 0 radical (unpaired) electrons. The van der Waals surface area contributed by atoms with E-state index in [9.17, 15) is 12.8 Å². The number of aryl methyl sites for hydroxylation is 1. The van der Waals surface area contributed by atoms with E-state index in [1.165, 1.54) is 12.1 Å². The highest BCUT2D eigenvalue weighted by Crippen LogP contribution is 2.24. The Labute approximate surface area is 166 Å². The average molecular weight is 407 g/mol. The molecule has 2 aromatic rings. The summed E-state index contributed by atoms with van der Waals surface area (Å²) in [6.07, 6.45) is 0. The standard InChI is InChI=1S/C20H27FN4O2S/c1-14(12-21)17-4-6-18(7-5-17)28(26,27)24-19-8-9-20(23-16(19)3)25-11-10-22-15(2)13-25/h4-9,14-15,22,24H,10-13H2,1-3H3/t14?,15-/m0/s1. The van der Waals surface area contributed by atoms with Crippen molar-refractivity contribution in [2.75, 3.05) is 35.9 Å². The lowest BCUT2D eigenvalue weighted by Gasteiger charge is -2.33. The maximum Gasteiger partial charge on any atom is 0.261 e. The molecular formula is C20H27FN4O2S. The second-order valence-electron chi connectivity index (χ2n) is 7.33. The number of hydrogen-bond acceptors (Lipinski definition) is 5. The van der Waals surface area contributed by atoms with Crippen molar-refractivity contribution < 1.29 is 12.8 Å². The zero-order valence-electron chi connectivity index (χ0n) is 16.4. The van der Waals surface area contributed by atoms with Crippen LogP contribution in [0.4, 0.5) is 15.9 Å². The van der Waals surface area contributed by atoms with Gasteiger partial charge in [-0.05, 0) is 43.7 Å². The summed E-state index contributed by atoms with van der Waals surface area (Å²) in [7, 11) is -3.74. The van der Waals surface area contributed by atoms with Gasteiger partial charge < -0.3 is 10.2 Å². The Morgan fingerprint density at radius 3 is 2.61 bits per heavy atom. The first-order valence-corrected chi connectivity index (χ1v) is 10.9. The van der Waals surface area contributed by atoms with Crippen LogP contribution < -0.4 is 14.9 Å². The Morgan fingerprint density at radius 1 is 1.29 bits per heavy atom. The van der Waals surface area contributed by atoms with Crippen molar-refractivity contribution in [2.45, 2.75) is 37.6 Å². The Hall–Kier alpha value is -2.19. The fraction of sp³-hybridized carbons (Fsp3) is 0.450. The normalized spacial score (nSPS) is 18.7. The molecule has 8 heteroatoms. The molecule has 1 aromatic carbocycles. The maximum absolute atomic E-state index is 12.8. The summed E-state index contributed by atoms with van der Waals surface area (Å²) in [4.78, 5) is 6.92. The Bertz CT molecular complexity index is 918. The second kappa shape index (κ2) is 8.45. The molecule has 152 valence electrons. The summed E-state index contributed by atoms with van der Waals surface area (Å²) in [6, 6.07) is 10.3. The lowest BCUT2D eigenvalue weighted by molar-refractivity contribution is 0.447. The highest BCUT2D eigenvalue weighted by molar-refractivity contribution is 7.92. The number of aromatic nitrogens is 1. The second-order valence-corrected chi connectivity index (χ2v) is 9.02. The van der Waals surface area contributed by atoms with Gasteiger partial charge in [-0.1, -0.05) is 19.1 Å². The van der Waals surface area contributed by atoms with Crippen LogP contribution in [0, 0.1) is 6.92 Å². The van der Waals surface area contributed by atoms with E-state index < -0.39 is 16.7 Å². The first-order valence-electron chi connectivity index (χ1n) is 9.45. The SMILES string of the molecule is Cc1nc(N2CCN[C@@H](C)C2)ccc1NS(=O)(=O)c1ccc(C(C)CF)cc1. The minimum atomic E-state index is -3.74. The third kappa shape index (κ3) is 4.62. The van der Waals surface area contributed by atoms with E-state index in [0.29, 0.717) is 17.4 Å². The molecule has 0 bridgehead atoms. The molecule has 2 heterocycles. The highest BCUT2D eigenvalue weighted by Gasteiger charge is 2.20. The van der Waals surface area contributed by atoms with Crippen molar-refractivity contribution in [1.82, 2.24) is 10.3 Å². The van der Waals surface area contributed by atoms with Gasteiger partial charge in [0.15, 0.2) is 0 Å². The molecule has 0 saturated carbocycles. The zero-order valence-corrected chi connectivity index (χ0v) is 17.3. The number of rotatable bonds is 6. The van der Waals surface area contributed by atoms with Gasteiger partial charge in [-0.2, -0.15) is 0 Å². The Kier molecular flexibility index (Phi) is 6.20. The number of hydrogen-bond donors (Lipinski definition) is 2. The van der Waals surface area contributed by atoms with E-state index in [0.717, 1.165) is 31.0 Å². The first kappa shape index (κ1) is 20.5. The summed E-state index contributed by atoms with van der Waals surface area (Å²) in [5.74, 6) is 0.592. The number of piperazine rings is 1. The molecule has 6 nitrogen and oxygen atoms in total. The number of nitrogens with zero attached hydrogens (tertiary/aromatic N) is 2. The number of halogens is 1. The zero-order chi connectivity index (χ0) is 20.3. The summed E-state index contributed by atoms with van der Waals surface area (Å²) in [5.41, 5.74) is 1.84. The van der Waals surface area contributed by atoms with Gasteiger partial charge in [-0.15, -0.1) is 0 Å². The van der Waals surface area contributed by atoms with Gasteiger partial charge in [0, 0.05) is 31.6 Å². The number of nitrogens with one attached hydrogen (secondary N) is 2. The third-order valence-corrected chi connectivity index (χ3v) is 6.38. The smallest absolute Gasteiger partial charge is 0.261 e. The molecule has 1 aliphatic rings. The van der Waals surface area contributed by atoms with Gasteiger partial charge in [-0.25, -0.2) is 13.4 Å². The predicted octanol–water partition coefficient (Wildman–Crippen LogP) is 3.06. The van der Waals surface area contributed by atoms with Gasteiger partial charge in [0.25, 0.3) is 10.0 Å². The van der Waals surface area contributed by atoms with E-state index in [4.69, 9.17) is 0 Å². The summed E-state index contributed by atoms with van der Waals surface area (Å²) < 4.78 is 40.8. The van der Waals surface area contributed by atoms with Gasteiger partial charge in [0.1, 0.15) is 5.82 Å². The largest absolute Gasteiger partial charge is 0.354 e. The number of sulfonamides is 1. The van der Waals surface area contributed by atoms with Crippen molar-refractivity contribution in [1.29, 1.82) is 0 Å². The molecule has 2 N–H and O–H groups in total. The van der Waals surface area contributed by atoms with E-state index in [1.807, 2.05) is 6.07 Å². The van der Waals surface area contributed by atoms with Crippen LogP contribution in [0.2, 0.25) is 0 Å². The molecule has 0 spiro atoms. The lowest BCUT2D eigenvalue weighted by atomic mass is 10.0. The van der Waals surface area contributed by atoms with Crippen molar-refractivity contribution >= 4 is 21.5 Å². The van der Waals surface area contributed by atoms with Gasteiger partial charge >= 0.3 is 0 Å². The molecule has 0 amide bonds. The van der Waals surface area contributed by atoms with Crippen LogP contribution in [0.3, 0.4) is 0 Å². The summed E-state index contributed by atoms with van der Waals surface area (Å²) in [6.45, 7) is 7.82. The van der Waals surface area contributed by atoms with E-state index in [2.05, 4.69) is 26.8 Å². The molecule has 1 unspecified atom stereocenters. The van der Waals surface area contributed by atoms with Crippen molar-refractivity contribution in [3.05, 3.63) is 47.7 Å². The molecule has 1 saturated heterocycles. The Balaban J connectivity index is 1.76. The molecule has 1 fully saturated rings. The van der Waals surface area contributed by atoms with Crippen LogP contribution in [-0.4, -0.2) is 45.8 Å². The quantitative estimate of drug-likeness (QED) is 0.771. The van der Waals surface area contributed by atoms with Crippen LogP contribution in [0.15, 0.2) is 41.3 Å². The van der Waals surface area contributed by atoms with Crippen LogP contribution >= 0.6 is 0 Å². The molecular weight excluding hydrogens is 379 g/mol. The molecule has 2 atom stereocenters. The monoisotopic (exact) mass is 406 g/mol. The summed E-state index contributed by atoms with van der Waals surface area (Å²) >= 11 is 0. The van der Waals surface area contributed by atoms with Crippen LogP contribution in [0.5, 0.6) is 0 Å². The molecule has 1 aliphatic heterocycles. The van der Waals surface area contributed by atoms with E-state index in [-0.39, 0.29) is 10.8 Å². The fourth-order valence-electron chi connectivity index (χ4n) is 3.24. The van der Waals surface area contributed by atoms with Crippen LogP contribution in [0.25, 0.3) is 0 Å². The van der Waals surface area contributed by atoms with E-state index in [1.54, 1.807) is 32.0 Å². The minimum Gasteiger partial charge on any atom is -0.354 e. The number of anilines is 2. The van der Waals surface area contributed by atoms with E-state index >= 15 is 0 Å². The first-order chi connectivity index (χ1) is 13.3. The van der Waals surface area contributed by atoms with Crippen LogP contribution in [0.1, 0.15) is 31.0 Å². The number of benzene rings is 1. The van der Waals surface area contributed by atoms with Gasteiger partial charge in [0.05, 0.1) is 23.0 Å². The highest BCUT2D eigenvalue weighted by atomic mass is 32.2. The van der Waals surface area contributed by atoms with Crippen molar-refractivity contribution in [3.63, 3.8) is 0 Å². The maximum atomic E-state index is 12.8. The van der Waals surface area contributed by atoms with Gasteiger partial charge in [0.2, 0.25) is 0 Å².